The Morgan fingerprint density at radius 2 is 1.90 bits per heavy atom. The van der Waals surface area contributed by atoms with Crippen molar-refractivity contribution < 1.29 is 4.79 Å². The molecule has 1 fully saturated rings. The van der Waals surface area contributed by atoms with Crippen molar-refractivity contribution in [2.45, 2.75) is 25.3 Å². The molecule has 2 rings (SSSR count). The summed E-state index contributed by atoms with van der Waals surface area (Å²) in [5.41, 5.74) is 1.30. The zero-order chi connectivity index (χ0) is 15.2. The van der Waals surface area contributed by atoms with Crippen molar-refractivity contribution in [3.8, 4) is 0 Å². The topological polar surface area (TPSA) is 35.6 Å². The van der Waals surface area contributed by atoms with E-state index in [1.807, 2.05) is 17.0 Å². The molecule has 1 saturated heterocycles. The molecule has 1 aromatic carbocycles. The van der Waals surface area contributed by atoms with Crippen LogP contribution < -0.4 is 5.32 Å². The van der Waals surface area contributed by atoms with E-state index < -0.39 is 0 Å². The molecule has 1 N–H and O–H groups in total. The molecule has 1 aliphatic heterocycles. The van der Waals surface area contributed by atoms with Gasteiger partial charge in [-0.3, -0.25) is 0 Å². The van der Waals surface area contributed by atoms with Gasteiger partial charge in [0.25, 0.3) is 0 Å². The maximum absolute atomic E-state index is 11.9. The Bertz CT molecular complexity index is 453. The van der Waals surface area contributed by atoms with Gasteiger partial charge in [0.2, 0.25) is 0 Å². The van der Waals surface area contributed by atoms with Crippen molar-refractivity contribution in [1.29, 1.82) is 0 Å². The predicted octanol–water partition coefficient (Wildman–Crippen LogP) is 2.62. The van der Waals surface area contributed by atoms with Crippen molar-refractivity contribution in [3.63, 3.8) is 0 Å². The smallest absolute Gasteiger partial charge is 0.319 e. The molecule has 0 radical (unpaired) electrons. The average Bonchev–Trinajstić information content (AvgIpc) is 2.49. The molecular weight excluding hydrogens is 286 g/mol. The second-order valence-electron chi connectivity index (χ2n) is 5.77. The largest absolute Gasteiger partial charge is 0.331 e. The lowest BCUT2D eigenvalue weighted by atomic mass is 10.0. The summed E-state index contributed by atoms with van der Waals surface area (Å²) in [7, 11) is 3.61. The van der Waals surface area contributed by atoms with E-state index in [1.165, 1.54) is 5.56 Å². The molecule has 0 atom stereocenters. The van der Waals surface area contributed by atoms with Crippen LogP contribution in [0, 0.1) is 0 Å². The van der Waals surface area contributed by atoms with E-state index >= 15 is 0 Å². The molecule has 116 valence electrons. The van der Waals surface area contributed by atoms with Crippen LogP contribution in [0.15, 0.2) is 24.3 Å². The molecule has 0 saturated carbocycles. The van der Waals surface area contributed by atoms with Gasteiger partial charge < -0.3 is 15.1 Å². The Labute approximate surface area is 132 Å². The first-order chi connectivity index (χ1) is 10.1. The molecular formula is C16H24ClN3O. The van der Waals surface area contributed by atoms with E-state index in [0.29, 0.717) is 6.04 Å². The zero-order valence-corrected chi connectivity index (χ0v) is 13.6. The molecule has 0 aliphatic carbocycles. The molecule has 0 spiro atoms. The molecule has 0 aromatic heterocycles. The number of rotatable bonds is 4. The third-order valence-corrected chi connectivity index (χ3v) is 4.16. The van der Waals surface area contributed by atoms with Gasteiger partial charge in [-0.15, -0.1) is 0 Å². The fourth-order valence-electron chi connectivity index (χ4n) is 2.63. The second-order valence-corrected chi connectivity index (χ2v) is 6.21. The van der Waals surface area contributed by atoms with Crippen LogP contribution >= 0.6 is 11.6 Å². The number of urea groups is 1. The number of carbonyl (C=O) groups excluding carboxylic acids is 1. The highest BCUT2D eigenvalue weighted by Gasteiger charge is 2.23. The minimum absolute atomic E-state index is 0.120. The number of likely N-dealkylation sites (tertiary alicyclic amines) is 1. The second kappa shape index (κ2) is 7.66. The van der Waals surface area contributed by atoms with E-state index in [1.54, 1.807) is 19.0 Å². The standard InChI is InChI=1S/C16H24ClN3O/c1-19(2)16(21)20-11-8-15(9-12-20)18-10-7-13-3-5-14(17)6-4-13/h3-6,15,18H,7-12H2,1-2H3. The van der Waals surface area contributed by atoms with Crippen LogP contribution in [0.1, 0.15) is 18.4 Å². The number of nitrogens with zero attached hydrogens (tertiary/aromatic N) is 2. The van der Waals surface area contributed by atoms with E-state index in [-0.39, 0.29) is 6.03 Å². The summed E-state index contributed by atoms with van der Waals surface area (Å²) in [4.78, 5) is 15.4. The van der Waals surface area contributed by atoms with E-state index in [9.17, 15) is 4.79 Å². The first-order valence-corrected chi connectivity index (χ1v) is 7.88. The molecule has 0 bridgehead atoms. The van der Waals surface area contributed by atoms with Gasteiger partial charge in [-0.05, 0) is 43.5 Å². The number of hydrogen-bond donors (Lipinski definition) is 1. The normalized spacial score (nSPS) is 16.0. The van der Waals surface area contributed by atoms with Gasteiger partial charge in [-0.2, -0.15) is 0 Å². The summed E-state index contributed by atoms with van der Waals surface area (Å²) in [5.74, 6) is 0. The molecule has 5 heteroatoms. The number of piperidine rings is 1. The Morgan fingerprint density at radius 1 is 1.29 bits per heavy atom. The number of nitrogens with one attached hydrogen (secondary N) is 1. The Morgan fingerprint density at radius 3 is 2.48 bits per heavy atom. The fraction of sp³-hybridized carbons (Fsp3) is 0.562. The summed E-state index contributed by atoms with van der Waals surface area (Å²) < 4.78 is 0. The summed E-state index contributed by atoms with van der Waals surface area (Å²) >= 11 is 5.88. The number of amides is 2. The van der Waals surface area contributed by atoms with Gasteiger partial charge in [0.05, 0.1) is 0 Å². The Hall–Kier alpha value is -1.26. The van der Waals surface area contributed by atoms with Crippen molar-refractivity contribution in [2.75, 3.05) is 33.7 Å². The van der Waals surface area contributed by atoms with Crippen LogP contribution in [0.2, 0.25) is 5.02 Å². The lowest BCUT2D eigenvalue weighted by molar-refractivity contribution is 0.152. The Balaban J connectivity index is 1.67. The number of halogens is 1. The predicted molar refractivity (Wildman–Crippen MR) is 86.8 cm³/mol. The van der Waals surface area contributed by atoms with Crippen molar-refractivity contribution >= 4 is 17.6 Å². The minimum Gasteiger partial charge on any atom is -0.331 e. The van der Waals surface area contributed by atoms with Gasteiger partial charge >= 0.3 is 6.03 Å². The maximum atomic E-state index is 11.9. The molecule has 4 nitrogen and oxygen atoms in total. The van der Waals surface area contributed by atoms with Gasteiger partial charge in [0.1, 0.15) is 0 Å². The van der Waals surface area contributed by atoms with E-state index in [2.05, 4.69) is 17.4 Å². The van der Waals surface area contributed by atoms with Gasteiger partial charge in [-0.1, -0.05) is 23.7 Å². The monoisotopic (exact) mass is 309 g/mol. The Kier molecular flexibility index (Phi) is 5.88. The molecule has 1 aliphatic rings. The average molecular weight is 310 g/mol. The summed E-state index contributed by atoms with van der Waals surface area (Å²) in [6, 6.07) is 8.65. The van der Waals surface area contributed by atoms with Gasteiger partial charge in [0, 0.05) is 38.2 Å². The molecule has 2 amide bonds. The van der Waals surface area contributed by atoms with Crippen LogP contribution in [0.4, 0.5) is 4.79 Å². The highest BCUT2D eigenvalue weighted by Crippen LogP contribution is 2.13. The summed E-state index contributed by atoms with van der Waals surface area (Å²) in [6.45, 7) is 2.65. The summed E-state index contributed by atoms with van der Waals surface area (Å²) in [6.07, 6.45) is 3.06. The highest BCUT2D eigenvalue weighted by molar-refractivity contribution is 6.30. The lowest BCUT2D eigenvalue weighted by Crippen LogP contribution is -2.48. The minimum atomic E-state index is 0.120. The zero-order valence-electron chi connectivity index (χ0n) is 12.8. The lowest BCUT2D eigenvalue weighted by Gasteiger charge is -2.34. The van der Waals surface area contributed by atoms with Gasteiger partial charge in [-0.25, -0.2) is 4.79 Å². The van der Waals surface area contributed by atoms with E-state index in [0.717, 1.165) is 43.9 Å². The van der Waals surface area contributed by atoms with Crippen LogP contribution in [0.5, 0.6) is 0 Å². The van der Waals surface area contributed by atoms with Crippen molar-refractivity contribution in [3.05, 3.63) is 34.9 Å². The van der Waals surface area contributed by atoms with Crippen LogP contribution in [0.3, 0.4) is 0 Å². The van der Waals surface area contributed by atoms with E-state index in [4.69, 9.17) is 11.6 Å². The third kappa shape index (κ3) is 4.90. The van der Waals surface area contributed by atoms with Crippen molar-refractivity contribution in [1.82, 2.24) is 15.1 Å². The number of benzene rings is 1. The molecule has 21 heavy (non-hydrogen) atoms. The first kappa shape index (κ1) is 16.1. The molecule has 1 heterocycles. The van der Waals surface area contributed by atoms with Crippen molar-refractivity contribution in [2.24, 2.45) is 0 Å². The van der Waals surface area contributed by atoms with Crippen LogP contribution in [-0.4, -0.2) is 55.6 Å². The van der Waals surface area contributed by atoms with Crippen LogP contribution in [0.25, 0.3) is 0 Å². The first-order valence-electron chi connectivity index (χ1n) is 7.50. The number of carbonyl (C=O) groups is 1. The fourth-order valence-corrected chi connectivity index (χ4v) is 2.76. The maximum Gasteiger partial charge on any atom is 0.319 e. The summed E-state index contributed by atoms with van der Waals surface area (Å²) in [5, 5.41) is 4.37. The van der Waals surface area contributed by atoms with Crippen LogP contribution in [-0.2, 0) is 6.42 Å². The third-order valence-electron chi connectivity index (χ3n) is 3.91. The number of hydrogen-bond acceptors (Lipinski definition) is 2. The molecule has 0 unspecified atom stereocenters. The van der Waals surface area contributed by atoms with Gasteiger partial charge in [0.15, 0.2) is 0 Å². The quantitative estimate of drug-likeness (QED) is 0.928. The SMILES string of the molecule is CN(C)C(=O)N1CCC(NCCc2ccc(Cl)cc2)CC1. The molecule has 1 aromatic rings. The highest BCUT2D eigenvalue weighted by atomic mass is 35.5.